The van der Waals surface area contributed by atoms with Gasteiger partial charge in [-0.2, -0.15) is 0 Å². The third-order valence-electron chi connectivity index (χ3n) is 2.63. The van der Waals surface area contributed by atoms with Crippen molar-refractivity contribution >= 4 is 17.7 Å². The Morgan fingerprint density at radius 2 is 1.73 bits per heavy atom. The highest BCUT2D eigenvalue weighted by molar-refractivity contribution is 6.40. The van der Waals surface area contributed by atoms with E-state index >= 15 is 0 Å². The fourth-order valence-corrected chi connectivity index (χ4v) is 1.56. The lowest BCUT2D eigenvalue weighted by Gasteiger charge is -1.94. The molecule has 0 radical (unpaired) electrons. The Kier molecular flexibility index (Phi) is 2.54. The van der Waals surface area contributed by atoms with Crippen LogP contribution in [0.25, 0.3) is 0 Å². The number of Topliss-reactive ketones (excluding diaryl/α,β-unsaturated/α-hetero) is 1. The Morgan fingerprint density at radius 3 is 2.07 bits per heavy atom. The highest BCUT2D eigenvalue weighted by atomic mass is 16.4. The van der Waals surface area contributed by atoms with Gasteiger partial charge in [0.2, 0.25) is 0 Å². The van der Waals surface area contributed by atoms with Gasteiger partial charge in [0, 0.05) is 5.92 Å². The molecule has 15 heavy (non-hydrogen) atoms. The van der Waals surface area contributed by atoms with E-state index in [9.17, 15) is 14.4 Å². The van der Waals surface area contributed by atoms with Crippen LogP contribution in [0, 0.1) is 29.1 Å². The topological polar surface area (TPSA) is 91.7 Å². The van der Waals surface area contributed by atoms with Crippen LogP contribution in [-0.2, 0) is 14.4 Å². The summed E-state index contributed by atoms with van der Waals surface area (Å²) in [4.78, 5) is 31.5. The largest absolute Gasteiger partial charge is 0.481 e. The zero-order valence-electron chi connectivity index (χ0n) is 8.27. The number of carbonyl (C=O) groups excluding carboxylic acids is 1. The number of ketones is 1. The normalized spacial score (nSPS) is 26.0. The molecule has 0 bridgehead atoms. The van der Waals surface area contributed by atoms with Crippen LogP contribution >= 0.6 is 0 Å². The van der Waals surface area contributed by atoms with Gasteiger partial charge in [-0.15, -0.1) is 0 Å². The Balaban J connectivity index is 2.74. The lowest BCUT2D eigenvalue weighted by molar-refractivity contribution is -0.146. The minimum absolute atomic E-state index is 0.446. The van der Waals surface area contributed by atoms with E-state index in [0.717, 1.165) is 0 Å². The summed E-state index contributed by atoms with van der Waals surface area (Å²) in [5.74, 6) is -0.529. The Bertz CT molecular complexity index is 396. The van der Waals surface area contributed by atoms with Gasteiger partial charge >= 0.3 is 17.7 Å². The number of hydrogen-bond acceptors (Lipinski definition) is 3. The molecule has 5 nitrogen and oxygen atoms in total. The molecular formula is C10H10O5. The predicted octanol–water partition coefficient (Wildman–Crippen LogP) is 0.000300. The van der Waals surface area contributed by atoms with Crippen molar-refractivity contribution in [2.24, 2.45) is 17.3 Å². The van der Waals surface area contributed by atoms with Gasteiger partial charge < -0.3 is 10.2 Å². The molecule has 1 aliphatic rings. The fraction of sp³-hybridized carbons (Fsp3) is 0.500. The SMILES string of the molecule is CC1(C)C(C#CC(=O)C(=O)O)C1C(=O)O. The summed E-state index contributed by atoms with van der Waals surface area (Å²) in [7, 11) is 0. The van der Waals surface area contributed by atoms with Gasteiger partial charge in [0.15, 0.2) is 0 Å². The predicted molar refractivity (Wildman–Crippen MR) is 48.8 cm³/mol. The molecule has 0 amide bonds. The summed E-state index contributed by atoms with van der Waals surface area (Å²) in [6.45, 7) is 3.44. The summed E-state index contributed by atoms with van der Waals surface area (Å²) in [5, 5.41) is 17.0. The molecule has 0 aliphatic heterocycles. The lowest BCUT2D eigenvalue weighted by atomic mass is 10.1. The van der Waals surface area contributed by atoms with Crippen LogP contribution in [0.15, 0.2) is 0 Å². The van der Waals surface area contributed by atoms with E-state index in [2.05, 4.69) is 5.92 Å². The van der Waals surface area contributed by atoms with Crippen LogP contribution in [0.2, 0.25) is 0 Å². The molecule has 0 aromatic heterocycles. The Labute approximate surface area is 86.1 Å². The van der Waals surface area contributed by atoms with Crippen LogP contribution in [0.1, 0.15) is 13.8 Å². The van der Waals surface area contributed by atoms with E-state index in [4.69, 9.17) is 10.2 Å². The van der Waals surface area contributed by atoms with Gasteiger partial charge in [0.1, 0.15) is 0 Å². The molecule has 2 atom stereocenters. The summed E-state index contributed by atoms with van der Waals surface area (Å²) >= 11 is 0. The molecule has 0 spiro atoms. The quantitative estimate of drug-likeness (QED) is 0.380. The van der Waals surface area contributed by atoms with Crippen LogP contribution < -0.4 is 0 Å². The molecule has 0 saturated heterocycles. The third-order valence-corrected chi connectivity index (χ3v) is 2.63. The summed E-state index contributed by atoms with van der Waals surface area (Å²) < 4.78 is 0. The number of carboxylic acid groups (broad SMARTS) is 2. The highest BCUT2D eigenvalue weighted by Crippen LogP contribution is 2.57. The summed E-state index contributed by atoms with van der Waals surface area (Å²) in [6.07, 6.45) is 0. The van der Waals surface area contributed by atoms with Crippen LogP contribution in [-0.4, -0.2) is 27.9 Å². The molecule has 1 saturated carbocycles. The summed E-state index contributed by atoms with van der Waals surface area (Å²) in [5.41, 5.74) is -0.488. The van der Waals surface area contributed by atoms with Gasteiger partial charge in [-0.1, -0.05) is 19.8 Å². The average molecular weight is 210 g/mol. The van der Waals surface area contributed by atoms with E-state index < -0.39 is 35.0 Å². The van der Waals surface area contributed by atoms with Crippen molar-refractivity contribution in [3.8, 4) is 11.8 Å². The number of rotatable bonds is 2. The standard InChI is InChI=1S/C10H10O5/c1-10(2)5(7(10)9(14)15)3-4-6(11)8(12)13/h5,7H,1-2H3,(H,12,13)(H,14,15). The van der Waals surface area contributed by atoms with Crippen molar-refractivity contribution in [1.29, 1.82) is 0 Å². The second-order valence-corrected chi connectivity index (χ2v) is 4.02. The molecule has 1 rings (SSSR count). The van der Waals surface area contributed by atoms with Gasteiger partial charge in [0.25, 0.3) is 0 Å². The Morgan fingerprint density at radius 1 is 1.20 bits per heavy atom. The number of carboxylic acids is 2. The number of hydrogen-bond donors (Lipinski definition) is 2. The van der Waals surface area contributed by atoms with E-state index in [1.165, 1.54) is 0 Å². The van der Waals surface area contributed by atoms with Gasteiger partial charge in [-0.3, -0.25) is 9.59 Å². The van der Waals surface area contributed by atoms with Gasteiger partial charge in [0.05, 0.1) is 5.92 Å². The number of aliphatic carboxylic acids is 2. The monoisotopic (exact) mass is 210 g/mol. The zero-order chi connectivity index (χ0) is 11.8. The first-order chi connectivity index (χ1) is 6.78. The number of carbonyl (C=O) groups is 3. The highest BCUT2D eigenvalue weighted by Gasteiger charge is 2.61. The van der Waals surface area contributed by atoms with Crippen LogP contribution in [0.3, 0.4) is 0 Å². The smallest absolute Gasteiger partial charge is 0.385 e. The fourth-order valence-electron chi connectivity index (χ4n) is 1.56. The second-order valence-electron chi connectivity index (χ2n) is 4.02. The lowest BCUT2D eigenvalue weighted by Crippen LogP contribution is -2.09. The summed E-state index contributed by atoms with van der Waals surface area (Å²) in [6, 6.07) is 0. The molecule has 2 N–H and O–H groups in total. The molecule has 80 valence electrons. The third kappa shape index (κ3) is 1.99. The molecule has 2 unspecified atom stereocenters. The van der Waals surface area contributed by atoms with Gasteiger partial charge in [-0.05, 0) is 11.3 Å². The molecule has 0 aromatic rings. The van der Waals surface area contributed by atoms with Crippen LogP contribution in [0.5, 0.6) is 0 Å². The van der Waals surface area contributed by atoms with Crippen molar-refractivity contribution in [3.05, 3.63) is 0 Å². The van der Waals surface area contributed by atoms with E-state index in [1.54, 1.807) is 13.8 Å². The first kappa shape index (κ1) is 11.2. The maximum absolute atomic E-state index is 10.7. The molecule has 0 heterocycles. The van der Waals surface area contributed by atoms with Crippen molar-refractivity contribution in [1.82, 2.24) is 0 Å². The molecular weight excluding hydrogens is 200 g/mol. The second kappa shape index (κ2) is 3.39. The first-order valence-corrected chi connectivity index (χ1v) is 4.30. The van der Waals surface area contributed by atoms with Crippen molar-refractivity contribution in [2.45, 2.75) is 13.8 Å². The first-order valence-electron chi connectivity index (χ1n) is 4.30. The maximum Gasteiger partial charge on any atom is 0.385 e. The van der Waals surface area contributed by atoms with Crippen LogP contribution in [0.4, 0.5) is 0 Å². The molecule has 5 heteroatoms. The maximum atomic E-state index is 10.7. The van der Waals surface area contributed by atoms with Crippen molar-refractivity contribution < 1.29 is 24.6 Å². The van der Waals surface area contributed by atoms with Crippen molar-refractivity contribution in [2.75, 3.05) is 0 Å². The van der Waals surface area contributed by atoms with E-state index in [-0.39, 0.29) is 0 Å². The molecule has 1 fully saturated rings. The molecule has 0 aromatic carbocycles. The molecule has 1 aliphatic carbocycles. The van der Waals surface area contributed by atoms with Gasteiger partial charge in [-0.25, -0.2) is 4.79 Å². The van der Waals surface area contributed by atoms with E-state index in [0.29, 0.717) is 0 Å². The van der Waals surface area contributed by atoms with Crippen molar-refractivity contribution in [3.63, 3.8) is 0 Å². The minimum atomic E-state index is -1.62. The van der Waals surface area contributed by atoms with E-state index in [1.807, 2.05) is 5.92 Å². The average Bonchev–Trinajstić information content (AvgIpc) is 2.63. The Hall–Kier alpha value is -1.83. The minimum Gasteiger partial charge on any atom is -0.481 e. The zero-order valence-corrected chi connectivity index (χ0v) is 8.27.